The summed E-state index contributed by atoms with van der Waals surface area (Å²) in [5, 5.41) is 0. The van der Waals surface area contributed by atoms with Crippen molar-refractivity contribution in [2.45, 2.75) is 26.2 Å². The molecule has 0 radical (unpaired) electrons. The Morgan fingerprint density at radius 3 is 2.94 bits per heavy atom. The molecular weight excluding hydrogens is 234 g/mol. The number of anilines is 1. The summed E-state index contributed by atoms with van der Waals surface area (Å²) in [6, 6.07) is 0. The van der Waals surface area contributed by atoms with E-state index in [0.717, 1.165) is 0 Å². The van der Waals surface area contributed by atoms with Crippen LogP contribution in [0.4, 0.5) is 5.82 Å². The van der Waals surface area contributed by atoms with E-state index in [2.05, 4.69) is 11.6 Å². The lowest BCUT2D eigenvalue weighted by Gasteiger charge is -2.17. The molecule has 0 bridgehead atoms. The Morgan fingerprint density at radius 1 is 1.67 bits per heavy atom. The molecule has 0 amide bonds. The SMILES string of the molecule is C=CCOCc1cn([C@@H](CC)OC)c(=O)nc1N. The molecule has 18 heavy (non-hydrogen) atoms. The largest absolute Gasteiger partial charge is 0.383 e. The fraction of sp³-hybridized carbons (Fsp3) is 0.500. The summed E-state index contributed by atoms with van der Waals surface area (Å²) in [5.74, 6) is 0.186. The Balaban J connectivity index is 3.01. The van der Waals surface area contributed by atoms with Crippen LogP contribution in [-0.4, -0.2) is 23.3 Å². The molecule has 0 saturated carbocycles. The van der Waals surface area contributed by atoms with Crippen LogP contribution in [0.25, 0.3) is 0 Å². The molecule has 1 atom stereocenters. The van der Waals surface area contributed by atoms with Crippen molar-refractivity contribution in [3.8, 4) is 0 Å². The zero-order valence-corrected chi connectivity index (χ0v) is 10.8. The molecule has 0 fully saturated rings. The number of nitrogens with zero attached hydrogens (tertiary/aromatic N) is 2. The van der Waals surface area contributed by atoms with Gasteiger partial charge in [0, 0.05) is 18.9 Å². The second-order valence-electron chi connectivity index (χ2n) is 3.74. The number of nitrogen functional groups attached to an aromatic ring is 1. The summed E-state index contributed by atoms with van der Waals surface area (Å²) in [5.41, 5.74) is 5.92. The van der Waals surface area contributed by atoms with Crippen molar-refractivity contribution >= 4 is 5.82 Å². The molecule has 1 aromatic heterocycles. The highest BCUT2D eigenvalue weighted by molar-refractivity contribution is 5.36. The quantitative estimate of drug-likeness (QED) is 0.581. The smallest absolute Gasteiger partial charge is 0.351 e. The standard InChI is InChI=1S/C12H19N3O3/c1-4-6-18-8-9-7-15(10(5-2)17-3)12(16)14-11(9)13/h4,7,10H,1,5-6,8H2,2-3H3,(H2,13,14,16)/t10-/m1/s1. The highest BCUT2D eigenvalue weighted by Gasteiger charge is 2.12. The Kier molecular flexibility index (Phi) is 5.54. The molecule has 100 valence electrons. The minimum atomic E-state index is -0.423. The van der Waals surface area contributed by atoms with E-state index in [-0.39, 0.29) is 18.7 Å². The van der Waals surface area contributed by atoms with Crippen LogP contribution < -0.4 is 11.4 Å². The van der Waals surface area contributed by atoms with Crippen LogP contribution in [0.15, 0.2) is 23.6 Å². The van der Waals surface area contributed by atoms with Gasteiger partial charge in [-0.25, -0.2) is 4.79 Å². The Hall–Kier alpha value is -1.66. The number of ether oxygens (including phenoxy) is 2. The van der Waals surface area contributed by atoms with E-state index in [4.69, 9.17) is 15.2 Å². The number of hydrogen-bond acceptors (Lipinski definition) is 5. The van der Waals surface area contributed by atoms with Crippen molar-refractivity contribution in [1.82, 2.24) is 9.55 Å². The van der Waals surface area contributed by atoms with E-state index in [1.165, 1.54) is 4.57 Å². The number of rotatable bonds is 7. The van der Waals surface area contributed by atoms with Crippen LogP contribution in [0.2, 0.25) is 0 Å². The van der Waals surface area contributed by atoms with Crippen LogP contribution in [0.3, 0.4) is 0 Å². The lowest BCUT2D eigenvalue weighted by molar-refractivity contribution is 0.0364. The first-order valence-electron chi connectivity index (χ1n) is 5.73. The van der Waals surface area contributed by atoms with E-state index in [9.17, 15) is 4.79 Å². The van der Waals surface area contributed by atoms with Crippen molar-refractivity contribution in [2.75, 3.05) is 19.5 Å². The highest BCUT2D eigenvalue weighted by atomic mass is 16.5. The van der Waals surface area contributed by atoms with Gasteiger partial charge in [0.2, 0.25) is 0 Å². The third-order valence-electron chi connectivity index (χ3n) is 2.49. The van der Waals surface area contributed by atoms with Crippen LogP contribution in [0, 0.1) is 0 Å². The minimum absolute atomic E-state index is 0.186. The zero-order valence-electron chi connectivity index (χ0n) is 10.8. The fourth-order valence-corrected chi connectivity index (χ4v) is 1.57. The molecule has 0 unspecified atom stereocenters. The average molecular weight is 253 g/mol. The molecule has 6 nitrogen and oxygen atoms in total. The predicted molar refractivity (Wildman–Crippen MR) is 69.1 cm³/mol. The molecule has 6 heteroatoms. The van der Waals surface area contributed by atoms with Gasteiger partial charge in [-0.2, -0.15) is 4.98 Å². The first-order valence-corrected chi connectivity index (χ1v) is 5.73. The lowest BCUT2D eigenvalue weighted by atomic mass is 10.3. The van der Waals surface area contributed by atoms with Gasteiger partial charge in [0.25, 0.3) is 0 Å². The maximum absolute atomic E-state index is 11.7. The highest BCUT2D eigenvalue weighted by Crippen LogP contribution is 2.13. The summed E-state index contributed by atoms with van der Waals surface area (Å²) in [6.45, 7) is 6.17. The second kappa shape index (κ2) is 6.93. The van der Waals surface area contributed by atoms with Gasteiger partial charge in [0.05, 0.1) is 13.2 Å². The summed E-state index contributed by atoms with van der Waals surface area (Å²) >= 11 is 0. The predicted octanol–water partition coefficient (Wildman–Crippen LogP) is 1.08. The summed E-state index contributed by atoms with van der Waals surface area (Å²) in [7, 11) is 1.55. The third-order valence-corrected chi connectivity index (χ3v) is 2.49. The van der Waals surface area contributed by atoms with Gasteiger partial charge in [-0.1, -0.05) is 13.0 Å². The van der Waals surface area contributed by atoms with Gasteiger partial charge in [-0.05, 0) is 6.42 Å². The maximum atomic E-state index is 11.7. The molecule has 0 aliphatic carbocycles. The van der Waals surface area contributed by atoms with Crippen molar-refractivity contribution < 1.29 is 9.47 Å². The number of aromatic nitrogens is 2. The van der Waals surface area contributed by atoms with Crippen LogP contribution >= 0.6 is 0 Å². The summed E-state index contributed by atoms with van der Waals surface area (Å²) in [6.07, 6.45) is 3.59. The molecule has 1 rings (SSSR count). The molecule has 0 aliphatic rings. The van der Waals surface area contributed by atoms with E-state index in [0.29, 0.717) is 18.6 Å². The maximum Gasteiger partial charge on any atom is 0.351 e. The molecule has 1 heterocycles. The molecule has 0 aliphatic heterocycles. The van der Waals surface area contributed by atoms with Crippen molar-refractivity contribution in [3.63, 3.8) is 0 Å². The molecular formula is C12H19N3O3. The van der Waals surface area contributed by atoms with Gasteiger partial charge >= 0.3 is 5.69 Å². The summed E-state index contributed by atoms with van der Waals surface area (Å²) < 4.78 is 11.9. The van der Waals surface area contributed by atoms with Crippen LogP contribution in [0.1, 0.15) is 25.1 Å². The Labute approximate surface area is 106 Å². The van der Waals surface area contributed by atoms with E-state index < -0.39 is 5.69 Å². The third kappa shape index (κ3) is 3.41. The second-order valence-corrected chi connectivity index (χ2v) is 3.74. The first-order chi connectivity index (χ1) is 8.63. The van der Waals surface area contributed by atoms with E-state index in [1.807, 2.05) is 6.92 Å². The lowest BCUT2D eigenvalue weighted by Crippen LogP contribution is -2.29. The Morgan fingerprint density at radius 2 is 2.39 bits per heavy atom. The van der Waals surface area contributed by atoms with Gasteiger partial charge in [0.15, 0.2) is 0 Å². The Bertz CT molecular complexity index is 452. The number of nitrogens with two attached hydrogens (primary N) is 1. The topological polar surface area (TPSA) is 79.4 Å². The van der Waals surface area contributed by atoms with Crippen molar-refractivity contribution in [3.05, 3.63) is 34.9 Å². The van der Waals surface area contributed by atoms with E-state index >= 15 is 0 Å². The van der Waals surface area contributed by atoms with E-state index in [1.54, 1.807) is 19.4 Å². The van der Waals surface area contributed by atoms with Crippen LogP contribution in [0.5, 0.6) is 0 Å². The normalized spacial score (nSPS) is 12.3. The van der Waals surface area contributed by atoms with Crippen molar-refractivity contribution in [2.24, 2.45) is 0 Å². The molecule has 1 aromatic rings. The monoisotopic (exact) mass is 253 g/mol. The van der Waals surface area contributed by atoms with Gasteiger partial charge in [-0.3, -0.25) is 4.57 Å². The van der Waals surface area contributed by atoms with Gasteiger partial charge < -0.3 is 15.2 Å². The van der Waals surface area contributed by atoms with Crippen LogP contribution in [-0.2, 0) is 16.1 Å². The molecule has 0 aromatic carbocycles. The molecule has 2 N–H and O–H groups in total. The molecule has 0 spiro atoms. The van der Waals surface area contributed by atoms with Gasteiger partial charge in [-0.15, -0.1) is 6.58 Å². The molecule has 0 saturated heterocycles. The zero-order chi connectivity index (χ0) is 13.5. The first kappa shape index (κ1) is 14.4. The number of methoxy groups -OCH3 is 1. The van der Waals surface area contributed by atoms with Gasteiger partial charge in [0.1, 0.15) is 12.0 Å². The van der Waals surface area contributed by atoms with Crippen molar-refractivity contribution in [1.29, 1.82) is 0 Å². The fourth-order valence-electron chi connectivity index (χ4n) is 1.57. The number of hydrogen-bond donors (Lipinski definition) is 1. The summed E-state index contributed by atoms with van der Waals surface area (Å²) in [4.78, 5) is 15.5. The average Bonchev–Trinajstić information content (AvgIpc) is 2.35. The minimum Gasteiger partial charge on any atom is -0.383 e.